The van der Waals surface area contributed by atoms with Gasteiger partial charge in [0.05, 0.1) is 0 Å². The second-order valence-electron chi connectivity index (χ2n) is 0.714. The third-order valence-corrected chi connectivity index (χ3v) is 2.66. The number of hydrogen-bond acceptors (Lipinski definition) is 2. The summed E-state index contributed by atoms with van der Waals surface area (Å²) in [6.07, 6.45) is 0. The van der Waals surface area contributed by atoms with E-state index in [0.29, 0.717) is 0 Å². The van der Waals surface area contributed by atoms with E-state index < -0.39 is 4.67 Å². The summed E-state index contributed by atoms with van der Waals surface area (Å²) in [4.78, 5) is 0. The minimum atomic E-state index is -2.17. The van der Waals surface area contributed by atoms with Gasteiger partial charge < -0.3 is 0 Å². The zero-order valence-corrected chi connectivity index (χ0v) is 7.16. The van der Waals surface area contributed by atoms with E-state index in [-0.39, 0.29) is 0 Å². The highest BCUT2D eigenvalue weighted by Gasteiger charge is 2.34. The predicted octanol–water partition coefficient (Wildman–Crippen LogP) is 2.59. The largest absolute Gasteiger partial charge is 0.359 e. The molecular weight excluding hydrogens is 243 g/mol. The fourth-order valence-electron chi connectivity index (χ4n) is 0.0224. The fraction of sp³-hybridized carbons (Fsp3) is 0. The summed E-state index contributed by atoms with van der Waals surface area (Å²) in [6.45, 7) is 0. The van der Waals surface area contributed by atoms with Gasteiger partial charge in [-0.25, -0.2) is 0 Å². The Morgan fingerprint density at radius 3 is 1.43 bits per heavy atom. The Balaban J connectivity index is 4.00. The van der Waals surface area contributed by atoms with Crippen LogP contribution in [0.1, 0.15) is 0 Å². The van der Waals surface area contributed by atoms with Gasteiger partial charge in [-0.2, -0.15) is 0 Å². The van der Waals surface area contributed by atoms with E-state index in [1.165, 1.54) is 0 Å². The van der Waals surface area contributed by atoms with Crippen molar-refractivity contribution in [1.29, 1.82) is 10.5 Å². The molecule has 0 N–H and O–H groups in total. The molecular formula is C2Br2N2P+. The van der Waals surface area contributed by atoms with Crippen molar-refractivity contribution in [3.8, 4) is 11.6 Å². The van der Waals surface area contributed by atoms with E-state index >= 15 is 0 Å². The molecule has 0 aliphatic rings. The normalized spacial score (nSPS) is 9.14. The molecule has 0 fully saturated rings. The summed E-state index contributed by atoms with van der Waals surface area (Å²) in [6, 6.07) is 0. The summed E-state index contributed by atoms with van der Waals surface area (Å²) < 4.78 is -2.17. The Morgan fingerprint density at radius 2 is 1.43 bits per heavy atom. The SMILES string of the molecule is N#C[P+](Br)(Br)C#N. The second kappa shape index (κ2) is 2.62. The van der Waals surface area contributed by atoms with Crippen LogP contribution in [0.5, 0.6) is 0 Å². The summed E-state index contributed by atoms with van der Waals surface area (Å²) in [5.41, 5.74) is 0. The molecule has 7 heavy (non-hydrogen) atoms. The van der Waals surface area contributed by atoms with E-state index in [2.05, 4.69) is 31.0 Å². The maximum Gasteiger partial charge on any atom is 0.359 e. The Morgan fingerprint density at radius 1 is 1.14 bits per heavy atom. The van der Waals surface area contributed by atoms with Crippen LogP contribution in [-0.4, -0.2) is 0 Å². The molecule has 0 aliphatic carbocycles. The van der Waals surface area contributed by atoms with Crippen LogP contribution in [0, 0.1) is 22.1 Å². The molecule has 0 atom stereocenters. The molecule has 0 bridgehead atoms. The van der Waals surface area contributed by atoms with E-state index in [1.54, 1.807) is 11.6 Å². The first-order valence-corrected chi connectivity index (χ1v) is 7.06. The van der Waals surface area contributed by atoms with E-state index in [9.17, 15) is 0 Å². The lowest BCUT2D eigenvalue weighted by Gasteiger charge is -1.76. The molecule has 5 heteroatoms. The topological polar surface area (TPSA) is 47.6 Å². The van der Waals surface area contributed by atoms with Gasteiger partial charge in [0.2, 0.25) is 0 Å². The van der Waals surface area contributed by atoms with Gasteiger partial charge in [-0.3, -0.25) is 0 Å². The van der Waals surface area contributed by atoms with Gasteiger partial charge in [-0.15, -0.1) is 10.5 Å². The smallest absolute Gasteiger partial charge is 0.148 e. The summed E-state index contributed by atoms with van der Waals surface area (Å²) >= 11 is 5.77. The zero-order chi connectivity index (χ0) is 5.91. The molecule has 2 nitrogen and oxygen atoms in total. The quantitative estimate of drug-likeness (QED) is 0.613. The van der Waals surface area contributed by atoms with Crippen LogP contribution >= 0.6 is 35.6 Å². The Hall–Kier alpha value is 0.370. The van der Waals surface area contributed by atoms with Gasteiger partial charge in [0, 0.05) is 0 Å². The fourth-order valence-corrected chi connectivity index (χ4v) is 0.0671. The van der Waals surface area contributed by atoms with Crippen LogP contribution in [0.2, 0.25) is 0 Å². The molecule has 0 aromatic rings. The highest BCUT2D eigenvalue weighted by atomic mass is 79.9. The van der Waals surface area contributed by atoms with Gasteiger partial charge in [-0.1, -0.05) is 0 Å². The molecule has 36 valence electrons. The van der Waals surface area contributed by atoms with Crippen molar-refractivity contribution in [3.05, 3.63) is 0 Å². The Labute approximate surface area is 57.9 Å². The third-order valence-electron chi connectivity index (χ3n) is 0.251. The average Bonchev–Trinajstić information content (AvgIpc) is 1.68. The number of hydrogen-bond donors (Lipinski definition) is 0. The summed E-state index contributed by atoms with van der Waals surface area (Å²) in [7, 11) is 0. The van der Waals surface area contributed by atoms with Crippen LogP contribution in [0.25, 0.3) is 0 Å². The van der Waals surface area contributed by atoms with Crippen molar-refractivity contribution in [3.63, 3.8) is 0 Å². The van der Waals surface area contributed by atoms with Crippen LogP contribution in [-0.2, 0) is 0 Å². The van der Waals surface area contributed by atoms with Crippen molar-refractivity contribution >= 4 is 35.6 Å². The first-order valence-electron chi connectivity index (χ1n) is 1.23. The average molecular weight is 243 g/mol. The van der Waals surface area contributed by atoms with E-state index in [1.807, 2.05) is 0 Å². The van der Waals surface area contributed by atoms with Crippen LogP contribution < -0.4 is 0 Å². The maximum atomic E-state index is 8.08. The van der Waals surface area contributed by atoms with Crippen molar-refractivity contribution in [1.82, 2.24) is 0 Å². The zero-order valence-electron chi connectivity index (χ0n) is 3.10. The summed E-state index contributed by atoms with van der Waals surface area (Å²) in [5.74, 6) is 3.55. The van der Waals surface area contributed by atoms with Gasteiger partial charge >= 0.3 is 4.67 Å². The Bertz CT molecular complexity index is 125. The van der Waals surface area contributed by atoms with Crippen molar-refractivity contribution in [2.75, 3.05) is 0 Å². The molecule has 0 aromatic carbocycles. The highest BCUT2D eigenvalue weighted by Crippen LogP contribution is 2.71. The third kappa shape index (κ3) is 3.00. The first-order chi connectivity index (χ1) is 3.12. The minimum absolute atomic E-state index is 1.77. The molecule has 0 radical (unpaired) electrons. The molecule has 0 saturated heterocycles. The lowest BCUT2D eigenvalue weighted by Crippen LogP contribution is -1.52. The molecule has 0 unspecified atom stereocenters. The van der Waals surface area contributed by atoms with E-state index in [0.717, 1.165) is 0 Å². The van der Waals surface area contributed by atoms with Crippen LogP contribution in [0.15, 0.2) is 0 Å². The molecule has 0 aliphatic heterocycles. The van der Waals surface area contributed by atoms with Gasteiger partial charge in [0.1, 0.15) is 0 Å². The van der Waals surface area contributed by atoms with Crippen molar-refractivity contribution in [2.24, 2.45) is 0 Å². The number of nitriles is 2. The predicted molar refractivity (Wildman–Crippen MR) is 36.0 cm³/mol. The first kappa shape index (κ1) is 7.37. The minimum Gasteiger partial charge on any atom is -0.148 e. The van der Waals surface area contributed by atoms with Crippen LogP contribution in [0.3, 0.4) is 0 Å². The number of halogens is 2. The Kier molecular flexibility index (Phi) is 2.76. The lowest BCUT2D eigenvalue weighted by atomic mass is 11.8. The lowest BCUT2D eigenvalue weighted by molar-refractivity contribution is 1.55. The van der Waals surface area contributed by atoms with E-state index in [4.69, 9.17) is 10.5 Å². The maximum absolute atomic E-state index is 8.08. The van der Waals surface area contributed by atoms with Crippen molar-refractivity contribution < 1.29 is 0 Å². The standard InChI is InChI=1S/C2Br2N2P/c3-7(4,1-5)2-6/q+1. The molecule has 0 rings (SSSR count). The molecule has 0 spiro atoms. The van der Waals surface area contributed by atoms with Crippen LogP contribution in [0.4, 0.5) is 0 Å². The van der Waals surface area contributed by atoms with Crippen molar-refractivity contribution in [2.45, 2.75) is 0 Å². The molecule has 0 amide bonds. The molecule has 0 aromatic heterocycles. The van der Waals surface area contributed by atoms with Gasteiger partial charge in [0.25, 0.3) is 11.6 Å². The second-order valence-corrected chi connectivity index (χ2v) is 11.4. The number of nitrogens with zero attached hydrogens (tertiary/aromatic N) is 2. The number of rotatable bonds is 0. The molecule has 0 heterocycles. The summed E-state index contributed by atoms with van der Waals surface area (Å²) in [5, 5.41) is 16.2. The monoisotopic (exact) mass is 241 g/mol. The van der Waals surface area contributed by atoms with Gasteiger partial charge in [0.15, 0.2) is 31.0 Å². The van der Waals surface area contributed by atoms with Gasteiger partial charge in [-0.05, 0) is 0 Å². The highest BCUT2D eigenvalue weighted by molar-refractivity contribution is 9.74. The molecule has 0 saturated carbocycles.